The molecule has 0 saturated carbocycles. The first kappa shape index (κ1) is 10.9. The van der Waals surface area contributed by atoms with Crippen LogP contribution in [0.25, 0.3) is 0 Å². The summed E-state index contributed by atoms with van der Waals surface area (Å²) >= 11 is 0. The predicted molar refractivity (Wildman–Crippen MR) is 65.2 cm³/mol. The van der Waals surface area contributed by atoms with Gasteiger partial charge in [0.05, 0.1) is 0 Å². The van der Waals surface area contributed by atoms with Crippen molar-refractivity contribution in [2.24, 2.45) is 0 Å². The molecule has 0 radical (unpaired) electrons. The van der Waals surface area contributed by atoms with Crippen LogP contribution in [-0.4, -0.2) is 16.7 Å². The third-order valence-corrected chi connectivity index (χ3v) is 3.29. The summed E-state index contributed by atoms with van der Waals surface area (Å²) in [4.78, 5) is 24.0. The highest BCUT2D eigenvalue weighted by Gasteiger charge is 2.51. The molecule has 0 bridgehead atoms. The van der Waals surface area contributed by atoms with Gasteiger partial charge in [0, 0.05) is 11.1 Å². The molecule has 0 fully saturated rings. The highest BCUT2D eigenvalue weighted by atomic mass is 16.3. The lowest BCUT2D eigenvalue weighted by molar-refractivity contribution is -0.128. The minimum atomic E-state index is -1.84. The van der Waals surface area contributed by atoms with Gasteiger partial charge in [-0.25, -0.2) is 0 Å². The molecule has 0 aliphatic heterocycles. The Balaban J connectivity index is 2.31. The quantitative estimate of drug-likeness (QED) is 0.769. The Bertz CT molecular complexity index is 646. The maximum Gasteiger partial charge on any atom is 0.244 e. The molecule has 0 amide bonds. The van der Waals surface area contributed by atoms with Crippen molar-refractivity contribution in [3.05, 3.63) is 71.3 Å². The standard InChI is InChI=1S/C15H10O3/c16-13-11-8-4-5-9-12(11)15(18,14(13)17)10-6-2-1-3-7-10/h1-9,18H. The summed E-state index contributed by atoms with van der Waals surface area (Å²) < 4.78 is 0. The lowest BCUT2D eigenvalue weighted by Crippen LogP contribution is -2.34. The summed E-state index contributed by atoms with van der Waals surface area (Å²) in [6, 6.07) is 15.1. The van der Waals surface area contributed by atoms with E-state index in [1.54, 1.807) is 54.6 Å². The zero-order chi connectivity index (χ0) is 12.8. The second kappa shape index (κ2) is 3.62. The molecular weight excluding hydrogens is 228 g/mol. The molecular formula is C15H10O3. The molecule has 3 rings (SSSR count). The summed E-state index contributed by atoms with van der Waals surface area (Å²) in [6.45, 7) is 0. The van der Waals surface area contributed by atoms with Crippen LogP contribution in [0.5, 0.6) is 0 Å². The van der Waals surface area contributed by atoms with E-state index in [9.17, 15) is 14.7 Å². The van der Waals surface area contributed by atoms with E-state index in [0.29, 0.717) is 11.1 Å². The molecule has 0 aromatic heterocycles. The van der Waals surface area contributed by atoms with E-state index in [4.69, 9.17) is 0 Å². The zero-order valence-corrected chi connectivity index (χ0v) is 9.46. The van der Waals surface area contributed by atoms with Crippen LogP contribution in [0.1, 0.15) is 21.5 Å². The van der Waals surface area contributed by atoms with Gasteiger partial charge in [-0.1, -0.05) is 54.6 Å². The number of Topliss-reactive ketones (excluding diaryl/α,β-unsaturated/α-hetero) is 2. The second-order valence-electron chi connectivity index (χ2n) is 4.28. The number of hydrogen-bond acceptors (Lipinski definition) is 3. The van der Waals surface area contributed by atoms with Crippen molar-refractivity contribution in [3.8, 4) is 0 Å². The van der Waals surface area contributed by atoms with Gasteiger partial charge in [0.15, 0.2) is 5.60 Å². The Morgan fingerprint density at radius 3 is 2.17 bits per heavy atom. The molecule has 1 aliphatic carbocycles. The van der Waals surface area contributed by atoms with Crippen LogP contribution >= 0.6 is 0 Å². The maximum atomic E-state index is 12.1. The molecule has 0 saturated heterocycles. The van der Waals surface area contributed by atoms with E-state index in [0.717, 1.165) is 0 Å². The second-order valence-corrected chi connectivity index (χ2v) is 4.28. The average Bonchev–Trinajstić information content (AvgIpc) is 2.64. The molecule has 88 valence electrons. The fourth-order valence-corrected chi connectivity index (χ4v) is 2.37. The molecule has 0 heterocycles. The molecule has 2 aromatic rings. The van der Waals surface area contributed by atoms with Crippen LogP contribution in [0.4, 0.5) is 0 Å². The first-order chi connectivity index (χ1) is 8.65. The van der Waals surface area contributed by atoms with Gasteiger partial charge in [0.2, 0.25) is 11.6 Å². The van der Waals surface area contributed by atoms with Gasteiger partial charge >= 0.3 is 0 Å². The molecule has 1 N–H and O–H groups in total. The minimum Gasteiger partial charge on any atom is -0.373 e. The van der Waals surface area contributed by atoms with Crippen LogP contribution < -0.4 is 0 Å². The number of rotatable bonds is 1. The van der Waals surface area contributed by atoms with Gasteiger partial charge in [0.25, 0.3) is 0 Å². The van der Waals surface area contributed by atoms with Gasteiger partial charge < -0.3 is 5.11 Å². The highest BCUT2D eigenvalue weighted by Crippen LogP contribution is 2.39. The third kappa shape index (κ3) is 1.22. The van der Waals surface area contributed by atoms with Crippen LogP contribution in [0.3, 0.4) is 0 Å². The largest absolute Gasteiger partial charge is 0.373 e. The van der Waals surface area contributed by atoms with E-state index in [1.165, 1.54) is 0 Å². The Kier molecular flexibility index (Phi) is 2.18. The first-order valence-corrected chi connectivity index (χ1v) is 5.62. The summed E-state index contributed by atoms with van der Waals surface area (Å²) in [5, 5.41) is 10.7. The van der Waals surface area contributed by atoms with E-state index < -0.39 is 17.2 Å². The number of ketones is 2. The summed E-state index contributed by atoms with van der Waals surface area (Å²) in [7, 11) is 0. The monoisotopic (exact) mass is 238 g/mol. The van der Waals surface area contributed by atoms with Crippen LogP contribution in [0.15, 0.2) is 54.6 Å². The topological polar surface area (TPSA) is 54.4 Å². The molecule has 1 unspecified atom stereocenters. The number of aliphatic hydroxyl groups is 1. The summed E-state index contributed by atoms with van der Waals surface area (Å²) in [6.07, 6.45) is 0. The third-order valence-electron chi connectivity index (χ3n) is 3.29. The van der Waals surface area contributed by atoms with Crippen molar-refractivity contribution in [2.45, 2.75) is 5.60 Å². The molecule has 3 heteroatoms. The molecule has 0 spiro atoms. The van der Waals surface area contributed by atoms with Crippen molar-refractivity contribution in [2.75, 3.05) is 0 Å². The first-order valence-electron chi connectivity index (χ1n) is 5.62. The molecule has 1 aliphatic rings. The lowest BCUT2D eigenvalue weighted by atomic mass is 9.87. The lowest BCUT2D eigenvalue weighted by Gasteiger charge is -2.21. The minimum absolute atomic E-state index is 0.286. The molecule has 2 aromatic carbocycles. The van der Waals surface area contributed by atoms with E-state index >= 15 is 0 Å². The van der Waals surface area contributed by atoms with Crippen molar-refractivity contribution < 1.29 is 14.7 Å². The highest BCUT2D eigenvalue weighted by molar-refractivity contribution is 6.50. The van der Waals surface area contributed by atoms with Crippen LogP contribution in [0.2, 0.25) is 0 Å². The Morgan fingerprint density at radius 2 is 1.44 bits per heavy atom. The van der Waals surface area contributed by atoms with E-state index in [1.807, 2.05) is 0 Å². The smallest absolute Gasteiger partial charge is 0.244 e. The zero-order valence-electron chi connectivity index (χ0n) is 9.46. The molecule has 1 atom stereocenters. The van der Waals surface area contributed by atoms with Crippen LogP contribution in [0, 0.1) is 0 Å². The van der Waals surface area contributed by atoms with E-state index in [2.05, 4.69) is 0 Å². The maximum absolute atomic E-state index is 12.1. The van der Waals surface area contributed by atoms with Gasteiger partial charge in [-0.3, -0.25) is 9.59 Å². The average molecular weight is 238 g/mol. The molecule has 3 nitrogen and oxygen atoms in total. The van der Waals surface area contributed by atoms with Gasteiger partial charge in [-0.15, -0.1) is 0 Å². The van der Waals surface area contributed by atoms with Crippen LogP contribution in [-0.2, 0) is 10.4 Å². The SMILES string of the molecule is O=C1C(=O)C(O)(c2ccccc2)c2ccccc21. The number of hydrogen-bond donors (Lipinski definition) is 1. The number of fused-ring (bicyclic) bond motifs is 1. The molecule has 18 heavy (non-hydrogen) atoms. The number of benzene rings is 2. The van der Waals surface area contributed by atoms with Crippen molar-refractivity contribution >= 4 is 11.6 Å². The van der Waals surface area contributed by atoms with Gasteiger partial charge in [0.1, 0.15) is 0 Å². The van der Waals surface area contributed by atoms with Crippen molar-refractivity contribution in [1.29, 1.82) is 0 Å². The number of carbonyl (C=O) groups is 2. The van der Waals surface area contributed by atoms with Gasteiger partial charge in [-0.05, 0) is 5.56 Å². The summed E-state index contributed by atoms with van der Waals surface area (Å²) in [5.74, 6) is -1.41. The van der Waals surface area contributed by atoms with E-state index in [-0.39, 0.29) is 5.56 Å². The Labute approximate surface area is 104 Å². The normalized spacial score (nSPS) is 22.1. The van der Waals surface area contributed by atoms with Gasteiger partial charge in [-0.2, -0.15) is 0 Å². The predicted octanol–water partition coefficient (Wildman–Crippen LogP) is 1.69. The summed E-state index contributed by atoms with van der Waals surface area (Å²) in [5.41, 5.74) is -0.761. The fourth-order valence-electron chi connectivity index (χ4n) is 2.37. The Hall–Kier alpha value is -2.26. The Morgan fingerprint density at radius 1 is 0.833 bits per heavy atom. The van der Waals surface area contributed by atoms with Crippen molar-refractivity contribution in [1.82, 2.24) is 0 Å². The number of carbonyl (C=O) groups excluding carboxylic acids is 2. The van der Waals surface area contributed by atoms with Crippen molar-refractivity contribution in [3.63, 3.8) is 0 Å². The fraction of sp³-hybridized carbons (Fsp3) is 0.0667.